The number of anilines is 1. The van der Waals surface area contributed by atoms with Gasteiger partial charge in [-0.1, -0.05) is 20.8 Å². The maximum Gasteiger partial charge on any atom is 0.241 e. The van der Waals surface area contributed by atoms with Crippen LogP contribution in [0.1, 0.15) is 20.8 Å². The lowest BCUT2D eigenvalue weighted by atomic mass is 9.87. The molecule has 1 aromatic carbocycles. The molecule has 3 N–H and O–H groups in total. The zero-order valence-corrected chi connectivity index (χ0v) is 12.8. The van der Waals surface area contributed by atoms with E-state index in [1.165, 1.54) is 4.90 Å². The van der Waals surface area contributed by atoms with Crippen LogP contribution in [0.4, 0.5) is 5.69 Å². The van der Waals surface area contributed by atoms with Crippen LogP contribution >= 0.6 is 24.2 Å². The van der Waals surface area contributed by atoms with Crippen molar-refractivity contribution in [1.82, 2.24) is 0 Å². The highest BCUT2D eigenvalue weighted by molar-refractivity contribution is 7.98. The fourth-order valence-electron chi connectivity index (χ4n) is 1.29. The lowest BCUT2D eigenvalue weighted by molar-refractivity contribution is -0.119. The third-order valence-electron chi connectivity index (χ3n) is 2.57. The number of hydrogen-bond acceptors (Lipinski definition) is 3. The summed E-state index contributed by atoms with van der Waals surface area (Å²) < 4.78 is 0. The SMILES string of the molecule is CSc1ccc(NC(=O)[C@@H](N)C(C)(C)C)cc1.Cl. The molecule has 102 valence electrons. The molecule has 0 spiro atoms. The van der Waals surface area contributed by atoms with Crippen molar-refractivity contribution < 1.29 is 4.79 Å². The molecule has 1 rings (SSSR count). The minimum Gasteiger partial charge on any atom is -0.325 e. The van der Waals surface area contributed by atoms with Crippen LogP contribution < -0.4 is 11.1 Å². The van der Waals surface area contributed by atoms with Crippen LogP contribution in [0.15, 0.2) is 29.2 Å². The van der Waals surface area contributed by atoms with Gasteiger partial charge in [0.15, 0.2) is 0 Å². The predicted octanol–water partition coefficient (Wildman–Crippen LogP) is 3.14. The zero-order chi connectivity index (χ0) is 13.1. The van der Waals surface area contributed by atoms with E-state index in [0.717, 1.165) is 5.69 Å². The molecule has 1 amide bonds. The summed E-state index contributed by atoms with van der Waals surface area (Å²) in [6.45, 7) is 5.86. The summed E-state index contributed by atoms with van der Waals surface area (Å²) in [4.78, 5) is 13.0. The summed E-state index contributed by atoms with van der Waals surface area (Å²) in [6.07, 6.45) is 2.02. The first-order valence-electron chi connectivity index (χ1n) is 5.55. The number of hydrogen-bond donors (Lipinski definition) is 2. The molecule has 0 unspecified atom stereocenters. The Balaban J connectivity index is 0.00000289. The molecule has 0 heterocycles. The van der Waals surface area contributed by atoms with Gasteiger partial charge in [-0.25, -0.2) is 0 Å². The van der Waals surface area contributed by atoms with Gasteiger partial charge >= 0.3 is 0 Å². The van der Waals surface area contributed by atoms with Crippen molar-refractivity contribution in [2.45, 2.75) is 31.7 Å². The topological polar surface area (TPSA) is 55.1 Å². The van der Waals surface area contributed by atoms with Crippen LogP contribution in [0.5, 0.6) is 0 Å². The van der Waals surface area contributed by atoms with E-state index in [0.29, 0.717) is 0 Å². The molecule has 18 heavy (non-hydrogen) atoms. The van der Waals surface area contributed by atoms with Gasteiger partial charge in [-0.2, -0.15) is 0 Å². The van der Waals surface area contributed by atoms with Gasteiger partial charge in [0.25, 0.3) is 0 Å². The van der Waals surface area contributed by atoms with E-state index in [1.807, 2.05) is 51.3 Å². The van der Waals surface area contributed by atoms with Crippen molar-refractivity contribution in [2.24, 2.45) is 11.1 Å². The lowest BCUT2D eigenvalue weighted by Crippen LogP contribution is -2.45. The number of thioether (sulfide) groups is 1. The van der Waals surface area contributed by atoms with Gasteiger partial charge < -0.3 is 11.1 Å². The van der Waals surface area contributed by atoms with E-state index in [-0.39, 0.29) is 23.7 Å². The maximum absolute atomic E-state index is 11.9. The van der Waals surface area contributed by atoms with Gasteiger partial charge in [0.1, 0.15) is 0 Å². The van der Waals surface area contributed by atoms with E-state index in [4.69, 9.17) is 5.73 Å². The summed E-state index contributed by atoms with van der Waals surface area (Å²) in [5, 5.41) is 2.83. The standard InChI is InChI=1S/C13H20N2OS.ClH/c1-13(2,3)11(14)12(16)15-9-5-7-10(17-4)8-6-9;/h5-8,11H,14H2,1-4H3,(H,15,16);1H/t11-;/m1./s1. The van der Waals surface area contributed by atoms with Gasteiger partial charge in [-0.15, -0.1) is 24.2 Å². The van der Waals surface area contributed by atoms with E-state index in [1.54, 1.807) is 11.8 Å². The number of carbonyl (C=O) groups is 1. The van der Waals surface area contributed by atoms with Crippen molar-refractivity contribution in [1.29, 1.82) is 0 Å². The van der Waals surface area contributed by atoms with Crippen molar-refractivity contribution >= 4 is 35.8 Å². The Morgan fingerprint density at radius 2 is 1.78 bits per heavy atom. The molecule has 0 aliphatic heterocycles. The highest BCUT2D eigenvalue weighted by atomic mass is 35.5. The number of amides is 1. The van der Waals surface area contributed by atoms with Gasteiger partial charge in [-0.3, -0.25) is 4.79 Å². The molecule has 0 bridgehead atoms. The number of halogens is 1. The van der Waals surface area contributed by atoms with Gasteiger partial charge in [0.05, 0.1) is 6.04 Å². The fraction of sp³-hybridized carbons (Fsp3) is 0.462. The summed E-state index contributed by atoms with van der Waals surface area (Å²) in [5.41, 5.74) is 6.43. The minimum absolute atomic E-state index is 0. The van der Waals surface area contributed by atoms with Crippen LogP contribution in [-0.4, -0.2) is 18.2 Å². The number of nitrogens with one attached hydrogen (secondary N) is 1. The largest absolute Gasteiger partial charge is 0.325 e. The summed E-state index contributed by atoms with van der Waals surface area (Å²) in [6, 6.07) is 7.21. The molecule has 0 aliphatic rings. The molecule has 3 nitrogen and oxygen atoms in total. The maximum atomic E-state index is 11.9. The quantitative estimate of drug-likeness (QED) is 0.840. The van der Waals surface area contributed by atoms with Gasteiger partial charge in [-0.05, 0) is 35.9 Å². The molecular formula is C13H21ClN2OS. The van der Waals surface area contributed by atoms with Crippen LogP contribution in [0, 0.1) is 5.41 Å². The summed E-state index contributed by atoms with van der Waals surface area (Å²) in [5.74, 6) is -0.144. The summed E-state index contributed by atoms with van der Waals surface area (Å²) >= 11 is 1.67. The molecule has 0 saturated heterocycles. The van der Waals surface area contributed by atoms with Crippen LogP contribution in [0.25, 0.3) is 0 Å². The third kappa shape index (κ3) is 4.88. The van der Waals surface area contributed by atoms with E-state index in [9.17, 15) is 4.79 Å². The molecule has 0 aliphatic carbocycles. The Hall–Kier alpha value is -0.710. The smallest absolute Gasteiger partial charge is 0.241 e. The van der Waals surface area contributed by atoms with Crippen molar-refractivity contribution in [3.05, 3.63) is 24.3 Å². The first-order chi connectivity index (χ1) is 7.84. The molecule has 0 saturated carbocycles. The second-order valence-corrected chi connectivity index (χ2v) is 5.94. The molecule has 1 aromatic rings. The highest BCUT2D eigenvalue weighted by Crippen LogP contribution is 2.20. The Morgan fingerprint density at radius 3 is 2.17 bits per heavy atom. The third-order valence-corrected chi connectivity index (χ3v) is 3.32. The van der Waals surface area contributed by atoms with E-state index in [2.05, 4.69) is 5.32 Å². The average Bonchev–Trinajstić information content (AvgIpc) is 2.27. The number of benzene rings is 1. The van der Waals surface area contributed by atoms with Crippen molar-refractivity contribution in [3.63, 3.8) is 0 Å². The van der Waals surface area contributed by atoms with Gasteiger partial charge in [0.2, 0.25) is 5.91 Å². The Kier molecular flexibility index (Phi) is 6.74. The number of rotatable bonds is 3. The number of carbonyl (C=O) groups excluding carboxylic acids is 1. The Morgan fingerprint density at radius 1 is 1.28 bits per heavy atom. The average molecular weight is 289 g/mol. The monoisotopic (exact) mass is 288 g/mol. The predicted molar refractivity (Wildman–Crippen MR) is 81.5 cm³/mol. The van der Waals surface area contributed by atoms with Crippen LogP contribution in [-0.2, 0) is 4.79 Å². The van der Waals surface area contributed by atoms with E-state index < -0.39 is 6.04 Å². The van der Waals surface area contributed by atoms with Crippen LogP contribution in [0.3, 0.4) is 0 Å². The molecule has 0 fully saturated rings. The van der Waals surface area contributed by atoms with E-state index >= 15 is 0 Å². The minimum atomic E-state index is -0.511. The molecule has 1 atom stereocenters. The van der Waals surface area contributed by atoms with Crippen LogP contribution in [0.2, 0.25) is 0 Å². The van der Waals surface area contributed by atoms with Gasteiger partial charge in [0, 0.05) is 10.6 Å². The second kappa shape index (κ2) is 7.02. The highest BCUT2D eigenvalue weighted by Gasteiger charge is 2.27. The summed E-state index contributed by atoms with van der Waals surface area (Å²) in [7, 11) is 0. The fourth-order valence-corrected chi connectivity index (χ4v) is 1.70. The molecular weight excluding hydrogens is 268 g/mol. The Labute approximate surface area is 119 Å². The molecule has 0 radical (unpaired) electrons. The second-order valence-electron chi connectivity index (χ2n) is 5.06. The molecule has 0 aromatic heterocycles. The normalized spacial score (nSPS) is 12.5. The zero-order valence-electron chi connectivity index (χ0n) is 11.2. The van der Waals surface area contributed by atoms with Crippen molar-refractivity contribution in [2.75, 3.05) is 11.6 Å². The Bertz CT molecular complexity index is 387. The molecule has 5 heteroatoms. The first-order valence-corrected chi connectivity index (χ1v) is 6.77. The lowest BCUT2D eigenvalue weighted by Gasteiger charge is -2.25. The van der Waals surface area contributed by atoms with Crippen molar-refractivity contribution in [3.8, 4) is 0 Å². The number of nitrogens with two attached hydrogens (primary N) is 1. The first kappa shape index (κ1) is 17.3.